The maximum absolute atomic E-state index is 12.9. The summed E-state index contributed by atoms with van der Waals surface area (Å²) < 4.78 is 27.4. The number of carbonyl (C=O) groups is 1. The predicted octanol–water partition coefficient (Wildman–Crippen LogP) is 4.90. The Balaban J connectivity index is 1.65. The first-order chi connectivity index (χ1) is 15.7. The second-order valence-corrected chi connectivity index (χ2v) is 9.92. The van der Waals surface area contributed by atoms with Crippen LogP contribution in [0.1, 0.15) is 27.3 Å². The lowest BCUT2D eigenvalue weighted by atomic mass is 10.1. The minimum atomic E-state index is -2.70. The van der Waals surface area contributed by atoms with Gasteiger partial charge in [-0.2, -0.15) is 0 Å². The highest BCUT2D eigenvalue weighted by atomic mass is 127. The van der Waals surface area contributed by atoms with Gasteiger partial charge in [0.25, 0.3) is 5.91 Å². The van der Waals surface area contributed by atoms with Gasteiger partial charge < -0.3 is 9.12 Å². The first kappa shape index (κ1) is 23.7. The van der Waals surface area contributed by atoms with E-state index in [-0.39, 0.29) is 0 Å². The van der Waals surface area contributed by atoms with Crippen molar-refractivity contribution in [2.75, 3.05) is 4.41 Å². The van der Waals surface area contributed by atoms with Gasteiger partial charge in [0.2, 0.25) is 0 Å². The highest BCUT2D eigenvalue weighted by molar-refractivity contribution is 14.1. The molecule has 0 aliphatic heterocycles. The van der Waals surface area contributed by atoms with Crippen molar-refractivity contribution in [1.82, 2.24) is 15.0 Å². The molecule has 4 rings (SSSR count). The summed E-state index contributed by atoms with van der Waals surface area (Å²) in [5.41, 5.74) is 6.48. The number of hydrazine groups is 1. The van der Waals surface area contributed by atoms with Gasteiger partial charge in [0, 0.05) is 14.2 Å². The van der Waals surface area contributed by atoms with Crippen molar-refractivity contribution in [3.05, 3.63) is 91.8 Å². The van der Waals surface area contributed by atoms with E-state index in [0.29, 0.717) is 22.8 Å². The van der Waals surface area contributed by atoms with Crippen LogP contribution in [0.25, 0.3) is 11.0 Å². The van der Waals surface area contributed by atoms with Crippen molar-refractivity contribution < 1.29 is 13.6 Å². The number of amides is 1. The number of aryl methyl sites for hydroxylation is 2. The number of aromatic nitrogens is 2. The van der Waals surface area contributed by atoms with Gasteiger partial charge in [0.1, 0.15) is 5.82 Å². The number of carbonyl (C=O) groups excluding carboxylic acids is 1. The van der Waals surface area contributed by atoms with E-state index < -0.39 is 17.2 Å². The molecule has 1 atom stereocenters. The lowest BCUT2D eigenvalue weighted by Gasteiger charge is -2.26. The minimum absolute atomic E-state index is 0.305. The smallest absolute Gasteiger partial charge is 0.270 e. The molecule has 0 bridgehead atoms. The summed E-state index contributed by atoms with van der Waals surface area (Å²) in [6.45, 7) is 4.27. The van der Waals surface area contributed by atoms with Crippen molar-refractivity contribution in [3.63, 3.8) is 0 Å². The number of rotatable bonds is 6. The third kappa shape index (κ3) is 5.21. The lowest BCUT2D eigenvalue weighted by Crippen LogP contribution is -2.43. The largest absolute Gasteiger partial charge is 0.754 e. The molecule has 1 N–H and O–H groups in total. The molecule has 0 aliphatic carbocycles. The summed E-state index contributed by atoms with van der Waals surface area (Å²) in [5.74, 6) is 0.221. The second-order valence-electron chi connectivity index (χ2n) is 7.47. The van der Waals surface area contributed by atoms with E-state index in [2.05, 4.69) is 33.0 Å². The van der Waals surface area contributed by atoms with E-state index in [1.54, 1.807) is 42.5 Å². The number of benzene rings is 3. The maximum Gasteiger partial charge on any atom is 0.270 e. The van der Waals surface area contributed by atoms with Gasteiger partial charge in [-0.05, 0) is 84.5 Å². The van der Waals surface area contributed by atoms with Gasteiger partial charge in [-0.25, -0.2) is 9.40 Å². The van der Waals surface area contributed by atoms with Gasteiger partial charge in [-0.15, -0.1) is 0 Å². The Hall–Kier alpha value is -2.47. The number of fused-ring (bicyclic) bond motifs is 1. The van der Waals surface area contributed by atoms with Crippen LogP contribution in [0.5, 0.6) is 0 Å². The molecule has 33 heavy (non-hydrogen) atoms. The zero-order valence-corrected chi connectivity index (χ0v) is 21.4. The van der Waals surface area contributed by atoms with Crippen LogP contribution in [0.3, 0.4) is 0 Å². The fraction of sp³-hybridized carbons (Fsp3) is 0.130. The van der Waals surface area contributed by atoms with Gasteiger partial charge in [0.05, 0.1) is 34.5 Å². The Morgan fingerprint density at radius 2 is 1.88 bits per heavy atom. The van der Waals surface area contributed by atoms with Crippen molar-refractivity contribution in [3.8, 4) is 0 Å². The molecule has 0 aliphatic rings. The van der Waals surface area contributed by atoms with Crippen LogP contribution in [-0.2, 0) is 17.8 Å². The Morgan fingerprint density at radius 1 is 1.15 bits per heavy atom. The molecule has 1 unspecified atom stereocenters. The fourth-order valence-electron chi connectivity index (χ4n) is 3.43. The molecule has 4 aromatic rings. The van der Waals surface area contributed by atoms with Gasteiger partial charge in [-0.1, -0.05) is 35.4 Å². The van der Waals surface area contributed by atoms with Crippen LogP contribution in [0, 0.1) is 17.4 Å². The van der Waals surface area contributed by atoms with E-state index in [4.69, 9.17) is 11.6 Å². The van der Waals surface area contributed by atoms with E-state index in [1.165, 1.54) is 0 Å². The molecule has 0 saturated heterocycles. The summed E-state index contributed by atoms with van der Waals surface area (Å²) in [6, 6.07) is 17.7. The Kier molecular flexibility index (Phi) is 7.03. The predicted molar refractivity (Wildman–Crippen MR) is 138 cm³/mol. The standard InChI is InChI=1S/C23H20ClIN4O3S/c1-14-3-8-19(9-4-14)29(33(31)32)27-23(30)16-6-10-21-22(11-16)28(15(2)26-21)13-17-5-7-18(25)12-20(17)24/h3-12H,13H2,1-2H3,(H,27,30)(H,31,32)/p-1. The Labute approximate surface area is 212 Å². The average molecular weight is 594 g/mol. The number of halogens is 2. The van der Waals surface area contributed by atoms with E-state index in [0.717, 1.165) is 36.0 Å². The number of hydrogen-bond acceptors (Lipinski definition) is 4. The molecule has 10 heteroatoms. The van der Waals surface area contributed by atoms with Crippen LogP contribution < -0.4 is 9.84 Å². The van der Waals surface area contributed by atoms with E-state index >= 15 is 0 Å². The normalized spacial score (nSPS) is 12.0. The molecule has 0 saturated carbocycles. The quantitative estimate of drug-likeness (QED) is 0.196. The second kappa shape index (κ2) is 9.80. The molecule has 1 amide bonds. The number of hydrogen-bond donors (Lipinski definition) is 1. The highest BCUT2D eigenvalue weighted by Gasteiger charge is 2.16. The Bertz CT molecular complexity index is 1370. The summed E-state index contributed by atoms with van der Waals surface area (Å²) in [7, 11) is 0. The summed E-state index contributed by atoms with van der Waals surface area (Å²) in [5, 5.41) is 0.656. The van der Waals surface area contributed by atoms with Crippen LogP contribution in [0.4, 0.5) is 5.69 Å². The maximum atomic E-state index is 12.9. The SMILES string of the molecule is Cc1ccc(N(NC(=O)c2ccc3nc(C)n(Cc4ccc(I)cc4Cl)c3c2)S(=O)[O-])cc1. The molecule has 3 aromatic carbocycles. The molecule has 7 nitrogen and oxygen atoms in total. The fourth-order valence-corrected chi connectivity index (χ4v) is 4.80. The third-order valence-electron chi connectivity index (χ3n) is 5.17. The number of anilines is 1. The highest BCUT2D eigenvalue weighted by Crippen LogP contribution is 2.24. The van der Waals surface area contributed by atoms with Crippen LogP contribution in [0.15, 0.2) is 60.7 Å². The Morgan fingerprint density at radius 3 is 2.55 bits per heavy atom. The first-order valence-electron chi connectivity index (χ1n) is 9.91. The van der Waals surface area contributed by atoms with E-state index in [9.17, 15) is 13.6 Å². The van der Waals surface area contributed by atoms with E-state index in [1.807, 2.05) is 36.6 Å². The van der Waals surface area contributed by atoms with Crippen molar-refractivity contribution in [1.29, 1.82) is 0 Å². The third-order valence-corrected chi connectivity index (χ3v) is 6.79. The molecular formula is C23H19ClIN4O3S-. The average Bonchev–Trinajstić information content (AvgIpc) is 3.08. The monoisotopic (exact) mass is 593 g/mol. The molecule has 0 spiro atoms. The molecule has 170 valence electrons. The van der Waals surface area contributed by atoms with Gasteiger partial charge in [-0.3, -0.25) is 14.4 Å². The molecule has 1 heterocycles. The summed E-state index contributed by atoms with van der Waals surface area (Å²) >= 11 is 5.93. The van der Waals surface area contributed by atoms with Crippen LogP contribution >= 0.6 is 34.2 Å². The van der Waals surface area contributed by atoms with Crippen molar-refractivity contribution in [2.24, 2.45) is 0 Å². The number of nitrogens with one attached hydrogen (secondary N) is 1. The van der Waals surface area contributed by atoms with Gasteiger partial charge >= 0.3 is 0 Å². The van der Waals surface area contributed by atoms with Crippen LogP contribution in [-0.4, -0.2) is 24.2 Å². The van der Waals surface area contributed by atoms with Crippen LogP contribution in [0.2, 0.25) is 5.02 Å². The molecular weight excluding hydrogens is 575 g/mol. The number of imidazole rings is 1. The summed E-state index contributed by atoms with van der Waals surface area (Å²) in [6.07, 6.45) is 0. The zero-order chi connectivity index (χ0) is 23.7. The zero-order valence-electron chi connectivity index (χ0n) is 17.7. The lowest BCUT2D eigenvalue weighted by molar-refractivity contribution is 0.0955. The minimum Gasteiger partial charge on any atom is -0.754 e. The topological polar surface area (TPSA) is 90.3 Å². The first-order valence-corrected chi connectivity index (χ1v) is 12.4. The van der Waals surface area contributed by atoms with Crippen molar-refractivity contribution in [2.45, 2.75) is 20.4 Å². The van der Waals surface area contributed by atoms with Gasteiger partial charge in [0.15, 0.2) is 0 Å². The molecule has 0 radical (unpaired) electrons. The summed E-state index contributed by atoms with van der Waals surface area (Å²) in [4.78, 5) is 17.5. The molecule has 0 fully saturated rings. The number of nitrogens with zero attached hydrogens (tertiary/aromatic N) is 3. The van der Waals surface area contributed by atoms with Crippen molar-refractivity contribution >= 4 is 68.1 Å². The molecule has 1 aromatic heterocycles.